The molecule has 4 aromatic heterocycles. The first-order valence-corrected chi connectivity index (χ1v) is 36.8. The number of rotatable bonds is 42. The number of carboxylic acids is 4. The number of nitrogen functional groups attached to an aromatic ring is 2. The number of unbranched alkanes of at least 4 members (excludes halogenated alkanes) is 4. The van der Waals surface area contributed by atoms with Crippen molar-refractivity contribution in [2.75, 3.05) is 113 Å². The van der Waals surface area contributed by atoms with E-state index >= 15 is 0 Å². The van der Waals surface area contributed by atoms with Gasteiger partial charge in [-0.2, -0.15) is 9.97 Å². The summed E-state index contributed by atoms with van der Waals surface area (Å²) in [6, 6.07) is 13.9. The van der Waals surface area contributed by atoms with E-state index in [9.17, 15) is 48.6 Å². The molecule has 0 saturated carbocycles. The van der Waals surface area contributed by atoms with Crippen LogP contribution in [0.15, 0.2) is 60.9 Å². The summed E-state index contributed by atoms with van der Waals surface area (Å²) < 4.78 is 15.7. The molecular weight excluding hydrogens is 1350 g/mol. The number of ether oxygens (including phenoxy) is 2. The highest BCUT2D eigenvalue weighted by molar-refractivity contribution is 8.00. The molecule has 2 unspecified atom stereocenters. The van der Waals surface area contributed by atoms with Gasteiger partial charge in [0.15, 0.2) is 11.6 Å². The number of carbonyl (C=O) groups excluding carboxylic acids is 4. The Kier molecular flexibility index (Phi) is 32.1. The molecular formula is C70H100N16O14S2. The molecule has 2 amide bonds. The Morgan fingerprint density at radius 3 is 1.35 bits per heavy atom. The smallest absolute Gasteiger partial charge is 0.321 e. The van der Waals surface area contributed by atoms with Crippen molar-refractivity contribution in [2.24, 2.45) is 11.5 Å². The van der Waals surface area contributed by atoms with Crippen LogP contribution in [0.2, 0.25) is 0 Å². The normalized spacial score (nSPS) is 14.7. The van der Waals surface area contributed by atoms with Crippen molar-refractivity contribution in [3.05, 3.63) is 83.2 Å². The molecule has 8 rings (SSSR count). The van der Waals surface area contributed by atoms with Gasteiger partial charge in [0.1, 0.15) is 51.4 Å². The van der Waals surface area contributed by atoms with Gasteiger partial charge < -0.3 is 82.4 Å². The second-order valence-corrected chi connectivity index (χ2v) is 27.9. The lowest BCUT2D eigenvalue weighted by atomic mass is 10.1. The zero-order valence-corrected chi connectivity index (χ0v) is 60.4. The first-order valence-electron chi connectivity index (χ1n) is 34.7. The molecule has 14 N–H and O–H groups in total. The fraction of sp³-hybridized carbons (Fsp3) is 0.543. The van der Waals surface area contributed by atoms with E-state index < -0.39 is 52.9 Å². The second kappa shape index (κ2) is 40.7. The molecule has 32 heteroatoms. The summed E-state index contributed by atoms with van der Waals surface area (Å²) in [7, 11) is 3.32. The Hall–Kier alpha value is -8.82. The van der Waals surface area contributed by atoms with Gasteiger partial charge in [-0.1, -0.05) is 51.7 Å². The summed E-state index contributed by atoms with van der Waals surface area (Å²) in [4.78, 5) is 122. The number of methoxy groups -OCH3 is 2. The highest BCUT2D eigenvalue weighted by Gasteiger charge is 2.29. The Bertz CT molecular complexity index is 3800. The molecule has 6 heterocycles. The van der Waals surface area contributed by atoms with Crippen LogP contribution in [0.4, 0.5) is 23.5 Å². The molecule has 2 aliphatic rings. The van der Waals surface area contributed by atoms with Crippen LogP contribution in [0.3, 0.4) is 0 Å². The highest BCUT2D eigenvalue weighted by atomic mass is 32.2. The van der Waals surface area contributed by atoms with Crippen molar-refractivity contribution in [2.45, 2.75) is 153 Å². The summed E-state index contributed by atoms with van der Waals surface area (Å²) in [6.07, 6.45) is 11.0. The molecule has 0 bridgehead atoms. The van der Waals surface area contributed by atoms with E-state index in [0.717, 1.165) is 131 Å². The maximum absolute atomic E-state index is 13.0. The number of nitrogens with one attached hydrogen (secondary N) is 2. The predicted octanol–water partition coefficient (Wildman–Crippen LogP) is 6.09. The first-order chi connectivity index (χ1) is 49.0. The SMILES string of the molecule is CCCCCNc1nc(N)nc2ccn(Cc3cc(CN4CCN(C(=O)CCCC(=O)C(CC(=O)O)SC[C@H](N)C(=O)O)CC4)ccc3OC)c12.CCCCCNc1nc(N)nc2ccn(Cc3cc(CN4CCN(C(=O)CCCC(=O)CC(SC[C@H](N)C(=O)O)C(=O)O)CC4)ccc3OC)c12. The number of nitrogens with two attached hydrogens (primary N) is 4. The Morgan fingerprint density at radius 2 is 0.951 bits per heavy atom. The molecule has 4 atom stereocenters. The number of benzene rings is 2. The second-order valence-electron chi connectivity index (χ2n) is 25.5. The number of aliphatic carboxylic acids is 4. The van der Waals surface area contributed by atoms with E-state index in [-0.39, 0.29) is 78.9 Å². The molecule has 2 fully saturated rings. The van der Waals surface area contributed by atoms with Gasteiger partial charge in [-0.15, -0.1) is 23.5 Å². The van der Waals surface area contributed by atoms with Gasteiger partial charge >= 0.3 is 23.9 Å². The number of Topliss-reactive ketones (excluding diaryl/α,β-unsaturated/α-hetero) is 2. The summed E-state index contributed by atoms with van der Waals surface area (Å²) >= 11 is 1.77. The third-order valence-electron chi connectivity index (χ3n) is 17.7. The minimum Gasteiger partial charge on any atom is -0.496 e. The molecule has 6 aromatic rings. The Labute approximate surface area is 602 Å². The number of hydrogen-bond acceptors (Lipinski definition) is 24. The molecule has 30 nitrogen and oxygen atoms in total. The predicted molar refractivity (Wildman–Crippen MR) is 394 cm³/mol. The number of piperazine rings is 2. The van der Waals surface area contributed by atoms with Gasteiger partial charge in [0, 0.05) is 146 Å². The number of anilines is 4. The topological polar surface area (TPSA) is 438 Å². The highest BCUT2D eigenvalue weighted by Crippen LogP contribution is 2.31. The van der Waals surface area contributed by atoms with E-state index in [1.807, 2.05) is 41.6 Å². The van der Waals surface area contributed by atoms with Crippen molar-refractivity contribution >= 4 is 116 Å². The quantitative estimate of drug-likeness (QED) is 0.0194. The van der Waals surface area contributed by atoms with Gasteiger partial charge in [0.25, 0.3) is 0 Å². The Balaban J connectivity index is 0.000000286. The van der Waals surface area contributed by atoms with Crippen molar-refractivity contribution in [1.29, 1.82) is 0 Å². The third-order valence-corrected chi connectivity index (χ3v) is 20.4. The van der Waals surface area contributed by atoms with Crippen LogP contribution in [-0.4, -0.2) is 230 Å². The van der Waals surface area contributed by atoms with Crippen LogP contribution in [0.25, 0.3) is 22.1 Å². The molecule has 0 aliphatic carbocycles. The van der Waals surface area contributed by atoms with Crippen molar-refractivity contribution in [3.63, 3.8) is 0 Å². The summed E-state index contributed by atoms with van der Waals surface area (Å²) in [6.45, 7) is 13.5. The summed E-state index contributed by atoms with van der Waals surface area (Å²) in [5.74, 6) is -2.21. The van der Waals surface area contributed by atoms with Crippen LogP contribution in [0, 0.1) is 0 Å². The van der Waals surface area contributed by atoms with Gasteiger partial charge in [0.05, 0.1) is 50.0 Å². The zero-order valence-electron chi connectivity index (χ0n) is 58.8. The number of carboxylic acid groups (broad SMARTS) is 4. The number of carbonyl (C=O) groups is 8. The molecule has 556 valence electrons. The van der Waals surface area contributed by atoms with E-state index in [1.54, 1.807) is 19.1 Å². The number of aromatic nitrogens is 6. The number of thioether (sulfide) groups is 2. The summed E-state index contributed by atoms with van der Waals surface area (Å²) in [5, 5.41) is 41.4. The minimum atomic E-state index is -1.23. The minimum absolute atomic E-state index is 0.0327. The molecule has 2 saturated heterocycles. The Morgan fingerprint density at radius 1 is 0.520 bits per heavy atom. The fourth-order valence-electron chi connectivity index (χ4n) is 12.1. The monoisotopic (exact) mass is 1450 g/mol. The van der Waals surface area contributed by atoms with Crippen LogP contribution in [-0.2, 0) is 64.5 Å². The van der Waals surface area contributed by atoms with Crippen LogP contribution < -0.4 is 43.0 Å². The average Bonchev–Trinajstić information content (AvgIpc) is 1.63. The van der Waals surface area contributed by atoms with E-state index in [1.165, 1.54) is 0 Å². The van der Waals surface area contributed by atoms with Crippen LogP contribution in [0.1, 0.15) is 126 Å². The molecule has 0 radical (unpaired) electrons. The van der Waals surface area contributed by atoms with Crippen molar-refractivity contribution in [1.82, 2.24) is 48.7 Å². The van der Waals surface area contributed by atoms with Crippen molar-refractivity contribution in [3.8, 4) is 11.5 Å². The fourth-order valence-corrected chi connectivity index (χ4v) is 14.3. The molecule has 0 spiro atoms. The van der Waals surface area contributed by atoms with Gasteiger partial charge in [0.2, 0.25) is 23.7 Å². The average molecular weight is 1450 g/mol. The first kappa shape index (κ1) is 80.5. The van der Waals surface area contributed by atoms with E-state index in [4.69, 9.17) is 42.6 Å². The number of hydrogen-bond donors (Lipinski definition) is 10. The maximum Gasteiger partial charge on any atom is 0.321 e. The lowest BCUT2D eigenvalue weighted by Gasteiger charge is -2.35. The lowest BCUT2D eigenvalue weighted by Crippen LogP contribution is -2.48. The lowest BCUT2D eigenvalue weighted by molar-refractivity contribution is -0.139. The van der Waals surface area contributed by atoms with Gasteiger partial charge in [-0.05, 0) is 73.2 Å². The van der Waals surface area contributed by atoms with E-state index in [0.29, 0.717) is 103 Å². The number of fused-ring (bicyclic) bond motifs is 2. The maximum atomic E-state index is 13.0. The number of ketones is 2. The van der Waals surface area contributed by atoms with Crippen molar-refractivity contribution < 1.29 is 68.3 Å². The van der Waals surface area contributed by atoms with Gasteiger partial charge in [-0.3, -0.25) is 48.2 Å². The van der Waals surface area contributed by atoms with Crippen LogP contribution >= 0.6 is 23.5 Å². The summed E-state index contributed by atoms with van der Waals surface area (Å²) in [5.41, 5.74) is 30.6. The molecule has 102 heavy (non-hydrogen) atoms. The number of nitrogens with zero attached hydrogens (tertiary/aromatic N) is 10. The van der Waals surface area contributed by atoms with E-state index in [2.05, 4.69) is 87.6 Å². The zero-order chi connectivity index (χ0) is 73.8. The standard InChI is InChI=1S/2C35H50N8O7S/c1-3-4-5-12-38-33-32-26(39-35(37)40-33)11-13-43(32)21-24-18-23(9-10-28(24)50-2)20-41-14-16-42(17-15-41)30(45)8-6-7-27(44)29(19-31(46)47)51-22-25(36)34(48)49;1-3-4-5-12-38-32-31-27(39-35(37)40-32)11-13-43(31)21-24-18-23(9-10-28(24)50-2)20-41-14-16-42(17-15-41)30(45)8-6-7-25(44)19-29(34(48)49)51-22-26(36)33(46)47/h9-11,13,18,25,29H,3-8,12,14-17,19-22,36H2,1-2H3,(H,46,47)(H,48,49)(H3,37,38,39,40);9-11,13,18,26,29H,3-8,12,14-17,19-22,36H2,1-2H3,(H,46,47)(H,48,49)(H3,37,38,39,40)/t25-,29?;26-,29?/m00/s1. The molecule has 2 aliphatic heterocycles. The molecule has 2 aromatic carbocycles. The van der Waals surface area contributed by atoms with Gasteiger partial charge in [-0.25, -0.2) is 9.97 Å². The largest absolute Gasteiger partial charge is 0.496 e. The number of amides is 2. The third kappa shape index (κ3) is 24.7. The van der Waals surface area contributed by atoms with Crippen LogP contribution in [0.5, 0.6) is 11.5 Å².